The van der Waals surface area contributed by atoms with Crippen LogP contribution in [0.15, 0.2) is 47.1 Å². The molecule has 5 nitrogen and oxygen atoms in total. The quantitative estimate of drug-likeness (QED) is 0.701. The highest BCUT2D eigenvalue weighted by molar-refractivity contribution is 7.98. The summed E-state index contributed by atoms with van der Waals surface area (Å²) in [4.78, 5) is 24.5. The van der Waals surface area contributed by atoms with Crippen molar-refractivity contribution in [2.24, 2.45) is 0 Å². The Hall–Kier alpha value is -1.92. The third-order valence-corrected chi connectivity index (χ3v) is 4.50. The van der Waals surface area contributed by atoms with Crippen molar-refractivity contribution in [1.82, 2.24) is 10.6 Å². The Labute approximate surface area is 156 Å². The lowest BCUT2D eigenvalue weighted by Gasteiger charge is -2.17. The third kappa shape index (κ3) is 6.48. The monoisotopic (exact) mass is 380 g/mol. The Morgan fingerprint density at radius 1 is 1.24 bits per heavy atom. The summed E-state index contributed by atoms with van der Waals surface area (Å²) in [6.45, 7) is 0.493. The van der Waals surface area contributed by atoms with Gasteiger partial charge in [-0.2, -0.15) is 11.8 Å². The summed E-state index contributed by atoms with van der Waals surface area (Å²) in [5, 5.41) is 6.30. The number of amides is 2. The van der Waals surface area contributed by atoms with Gasteiger partial charge >= 0.3 is 0 Å². The van der Waals surface area contributed by atoms with Gasteiger partial charge in [-0.1, -0.05) is 23.7 Å². The fourth-order valence-electron chi connectivity index (χ4n) is 2.25. The molecule has 0 saturated carbocycles. The van der Waals surface area contributed by atoms with Crippen LogP contribution in [0.5, 0.6) is 0 Å². The third-order valence-electron chi connectivity index (χ3n) is 3.60. The van der Waals surface area contributed by atoms with Crippen molar-refractivity contribution in [3.63, 3.8) is 0 Å². The Bertz CT molecular complexity index is 674. The van der Waals surface area contributed by atoms with Crippen molar-refractivity contribution in [2.45, 2.75) is 18.9 Å². The molecular weight excluding hydrogens is 360 g/mol. The van der Waals surface area contributed by atoms with Gasteiger partial charge < -0.3 is 15.1 Å². The second-order valence-corrected chi connectivity index (χ2v) is 6.87. The summed E-state index contributed by atoms with van der Waals surface area (Å²) in [6, 6.07) is 10.1. The number of hydrogen-bond donors (Lipinski definition) is 2. The molecule has 2 aromatic rings. The Morgan fingerprint density at radius 2 is 2.00 bits per heavy atom. The second kappa shape index (κ2) is 10.2. The van der Waals surface area contributed by atoms with Gasteiger partial charge in [-0.05, 0) is 54.7 Å². The lowest BCUT2D eigenvalue weighted by molar-refractivity contribution is -0.123. The minimum atomic E-state index is -0.588. The molecule has 0 aliphatic rings. The molecule has 0 radical (unpaired) electrons. The summed E-state index contributed by atoms with van der Waals surface area (Å²) in [5.41, 5.74) is 1.09. The van der Waals surface area contributed by atoms with Gasteiger partial charge in [0.2, 0.25) is 5.91 Å². The number of nitrogens with one attached hydrogen (secondary N) is 2. The van der Waals surface area contributed by atoms with Crippen molar-refractivity contribution in [2.75, 3.05) is 18.6 Å². The maximum Gasteiger partial charge on any atom is 0.287 e. The van der Waals surface area contributed by atoms with E-state index in [2.05, 4.69) is 10.6 Å². The molecule has 0 aliphatic carbocycles. The lowest BCUT2D eigenvalue weighted by Crippen LogP contribution is -2.47. The Morgan fingerprint density at radius 3 is 2.64 bits per heavy atom. The van der Waals surface area contributed by atoms with Crippen LogP contribution in [-0.4, -0.2) is 36.4 Å². The van der Waals surface area contributed by atoms with E-state index in [0.717, 1.165) is 11.3 Å². The predicted molar refractivity (Wildman–Crippen MR) is 101 cm³/mol. The van der Waals surface area contributed by atoms with Gasteiger partial charge in [0.25, 0.3) is 5.91 Å². The van der Waals surface area contributed by atoms with Gasteiger partial charge in [-0.15, -0.1) is 0 Å². The summed E-state index contributed by atoms with van der Waals surface area (Å²) >= 11 is 7.48. The smallest absolute Gasteiger partial charge is 0.287 e. The van der Waals surface area contributed by atoms with E-state index in [1.165, 1.54) is 6.26 Å². The molecule has 0 saturated heterocycles. The first-order valence-electron chi connectivity index (χ1n) is 7.95. The zero-order chi connectivity index (χ0) is 18.1. The molecule has 0 bridgehead atoms. The number of thioether (sulfide) groups is 1. The van der Waals surface area contributed by atoms with Crippen LogP contribution in [0, 0.1) is 0 Å². The first kappa shape index (κ1) is 19.4. The molecule has 1 unspecified atom stereocenters. The molecule has 2 amide bonds. The molecule has 1 atom stereocenters. The molecule has 0 spiro atoms. The summed E-state index contributed by atoms with van der Waals surface area (Å²) in [5.74, 6) is 0.392. The standard InChI is InChI=1S/C18H21ClN2O3S/c1-25-12-9-15(21-18(23)16-3-2-11-24-16)17(22)20-10-8-13-4-6-14(19)7-5-13/h2-7,11,15H,8-10,12H2,1H3,(H,20,22)(H,21,23). The number of carbonyl (C=O) groups excluding carboxylic acids is 2. The summed E-state index contributed by atoms with van der Waals surface area (Å²) in [6.07, 6.45) is 4.65. The van der Waals surface area contributed by atoms with Crippen molar-refractivity contribution in [1.29, 1.82) is 0 Å². The molecule has 2 N–H and O–H groups in total. The molecule has 1 aromatic heterocycles. The minimum absolute atomic E-state index is 0.192. The maximum absolute atomic E-state index is 12.4. The van der Waals surface area contributed by atoms with E-state index in [0.29, 0.717) is 24.4 Å². The first-order chi connectivity index (χ1) is 12.1. The van der Waals surface area contributed by atoms with Crippen LogP contribution >= 0.6 is 23.4 Å². The number of furan rings is 1. The molecule has 134 valence electrons. The minimum Gasteiger partial charge on any atom is -0.459 e. The van der Waals surface area contributed by atoms with Gasteiger partial charge in [0.15, 0.2) is 5.76 Å². The van der Waals surface area contributed by atoms with Crippen molar-refractivity contribution >= 4 is 35.2 Å². The van der Waals surface area contributed by atoms with Crippen molar-refractivity contribution in [3.8, 4) is 0 Å². The molecule has 7 heteroatoms. The van der Waals surface area contributed by atoms with E-state index in [1.807, 2.05) is 30.5 Å². The van der Waals surface area contributed by atoms with Crippen LogP contribution in [0.1, 0.15) is 22.5 Å². The molecule has 1 aromatic carbocycles. The van der Waals surface area contributed by atoms with Gasteiger partial charge in [0.1, 0.15) is 6.04 Å². The predicted octanol–water partition coefficient (Wildman–Crippen LogP) is 3.14. The van der Waals surface area contributed by atoms with Crippen LogP contribution in [0.3, 0.4) is 0 Å². The number of benzene rings is 1. The fraction of sp³-hybridized carbons (Fsp3) is 0.333. The fourth-order valence-corrected chi connectivity index (χ4v) is 2.84. The largest absolute Gasteiger partial charge is 0.459 e. The Balaban J connectivity index is 1.86. The van der Waals surface area contributed by atoms with Crippen LogP contribution < -0.4 is 10.6 Å². The van der Waals surface area contributed by atoms with E-state index in [1.54, 1.807) is 23.9 Å². The first-order valence-corrected chi connectivity index (χ1v) is 9.73. The summed E-state index contributed by atoms with van der Waals surface area (Å²) < 4.78 is 5.07. The van der Waals surface area contributed by atoms with E-state index < -0.39 is 6.04 Å². The normalized spacial score (nSPS) is 11.8. The molecular formula is C18H21ClN2O3S. The van der Waals surface area contributed by atoms with Gasteiger partial charge in [0, 0.05) is 11.6 Å². The SMILES string of the molecule is CSCCC(NC(=O)c1ccco1)C(=O)NCCc1ccc(Cl)cc1. The second-order valence-electron chi connectivity index (χ2n) is 5.45. The highest BCUT2D eigenvalue weighted by atomic mass is 35.5. The van der Waals surface area contributed by atoms with Crippen LogP contribution in [0.25, 0.3) is 0 Å². The highest BCUT2D eigenvalue weighted by Gasteiger charge is 2.21. The van der Waals surface area contributed by atoms with Crippen molar-refractivity contribution < 1.29 is 14.0 Å². The molecule has 0 aliphatic heterocycles. The van der Waals surface area contributed by atoms with E-state index >= 15 is 0 Å². The average molecular weight is 381 g/mol. The van der Waals surface area contributed by atoms with Crippen LogP contribution in [0.4, 0.5) is 0 Å². The maximum atomic E-state index is 12.4. The van der Waals surface area contributed by atoms with Crippen molar-refractivity contribution in [3.05, 3.63) is 59.0 Å². The van der Waals surface area contributed by atoms with E-state index in [9.17, 15) is 9.59 Å². The topological polar surface area (TPSA) is 71.3 Å². The molecule has 2 rings (SSSR count). The number of halogens is 1. The molecule has 25 heavy (non-hydrogen) atoms. The van der Waals surface area contributed by atoms with Crippen LogP contribution in [-0.2, 0) is 11.2 Å². The zero-order valence-electron chi connectivity index (χ0n) is 14.0. The number of rotatable bonds is 9. The van der Waals surface area contributed by atoms with Gasteiger partial charge in [0.05, 0.1) is 6.26 Å². The zero-order valence-corrected chi connectivity index (χ0v) is 15.5. The lowest BCUT2D eigenvalue weighted by atomic mass is 10.1. The highest BCUT2D eigenvalue weighted by Crippen LogP contribution is 2.10. The van der Waals surface area contributed by atoms with E-state index in [-0.39, 0.29) is 17.6 Å². The number of hydrogen-bond acceptors (Lipinski definition) is 4. The average Bonchev–Trinajstić information content (AvgIpc) is 3.14. The van der Waals surface area contributed by atoms with E-state index in [4.69, 9.17) is 16.0 Å². The van der Waals surface area contributed by atoms with Crippen LogP contribution in [0.2, 0.25) is 5.02 Å². The summed E-state index contributed by atoms with van der Waals surface area (Å²) in [7, 11) is 0. The molecule has 0 fully saturated rings. The van der Waals surface area contributed by atoms with Gasteiger partial charge in [-0.3, -0.25) is 9.59 Å². The Kier molecular flexibility index (Phi) is 7.88. The number of carbonyl (C=O) groups is 2. The molecule has 1 heterocycles. The van der Waals surface area contributed by atoms with Gasteiger partial charge in [-0.25, -0.2) is 0 Å².